The van der Waals surface area contributed by atoms with Crippen molar-refractivity contribution in [2.45, 2.75) is 24.1 Å². The van der Waals surface area contributed by atoms with Crippen LogP contribution in [0.15, 0.2) is 46.1 Å². The van der Waals surface area contributed by atoms with E-state index in [-0.39, 0.29) is 5.78 Å². The molecule has 7 heteroatoms. The molecule has 0 saturated carbocycles. The molecule has 0 bridgehead atoms. The highest BCUT2D eigenvalue weighted by Crippen LogP contribution is 2.28. The minimum absolute atomic E-state index is 0.226. The van der Waals surface area contributed by atoms with Gasteiger partial charge in [0.2, 0.25) is 5.13 Å². The van der Waals surface area contributed by atoms with Crippen molar-refractivity contribution in [3.63, 3.8) is 0 Å². The lowest BCUT2D eigenvalue weighted by Gasteiger charge is -2.01. The Morgan fingerprint density at radius 2 is 2.04 bits per heavy atom. The van der Waals surface area contributed by atoms with Gasteiger partial charge in [0, 0.05) is 17.9 Å². The maximum absolute atomic E-state index is 11.9. The summed E-state index contributed by atoms with van der Waals surface area (Å²) in [6, 6.07) is 12.0. The minimum atomic E-state index is 0.226. The molecule has 0 aliphatic heterocycles. The third-order valence-corrected chi connectivity index (χ3v) is 6.25. The van der Waals surface area contributed by atoms with Crippen LogP contribution in [-0.2, 0) is 0 Å². The Morgan fingerprint density at radius 3 is 2.79 bits per heavy atom. The van der Waals surface area contributed by atoms with Gasteiger partial charge in [-0.1, -0.05) is 46.9 Å². The zero-order chi connectivity index (χ0) is 16.8. The molecule has 0 aliphatic carbocycles. The molecule has 124 valence electrons. The van der Waals surface area contributed by atoms with E-state index < -0.39 is 0 Å². The highest BCUT2D eigenvalue weighted by Gasteiger charge is 2.08. The summed E-state index contributed by atoms with van der Waals surface area (Å²) in [4.78, 5) is 12.8. The second kappa shape index (κ2) is 8.41. The van der Waals surface area contributed by atoms with Gasteiger partial charge in [-0.15, -0.1) is 21.5 Å². The first-order valence-corrected chi connectivity index (χ1v) is 10.3. The number of thiophene rings is 1. The molecule has 0 aliphatic rings. The fourth-order valence-corrected chi connectivity index (χ4v) is 4.51. The number of aryl methyl sites for hydroxylation is 1. The predicted octanol–water partition coefficient (Wildman–Crippen LogP) is 5.41. The van der Waals surface area contributed by atoms with Gasteiger partial charge in [0.15, 0.2) is 10.1 Å². The van der Waals surface area contributed by atoms with Crippen LogP contribution < -0.4 is 5.32 Å². The number of benzene rings is 1. The summed E-state index contributed by atoms with van der Waals surface area (Å²) in [6.07, 6.45) is 1.43. The second-order valence-corrected chi connectivity index (χ2v) is 8.48. The number of anilines is 2. The molecule has 2 heterocycles. The first kappa shape index (κ1) is 17.1. The Hall–Kier alpha value is -1.70. The van der Waals surface area contributed by atoms with Crippen LogP contribution in [0.2, 0.25) is 0 Å². The molecule has 1 N–H and O–H groups in total. The van der Waals surface area contributed by atoms with E-state index in [4.69, 9.17) is 0 Å². The minimum Gasteiger partial charge on any atom is -0.330 e. The van der Waals surface area contributed by atoms with Crippen LogP contribution in [0.25, 0.3) is 0 Å². The van der Waals surface area contributed by atoms with Gasteiger partial charge in [-0.25, -0.2) is 0 Å². The number of nitrogens with zero attached hydrogens (tertiary/aromatic N) is 2. The fraction of sp³-hybridized carbons (Fsp3) is 0.235. The third-order valence-electron chi connectivity index (χ3n) is 3.28. The zero-order valence-electron chi connectivity index (χ0n) is 13.2. The number of carbonyl (C=O) groups excluding carboxylic acids is 1. The van der Waals surface area contributed by atoms with Gasteiger partial charge in [-0.3, -0.25) is 4.79 Å². The van der Waals surface area contributed by atoms with Crippen LogP contribution in [0.1, 0.15) is 28.1 Å². The van der Waals surface area contributed by atoms with Crippen molar-refractivity contribution in [1.82, 2.24) is 10.2 Å². The van der Waals surface area contributed by atoms with Crippen molar-refractivity contribution in [2.75, 3.05) is 11.1 Å². The lowest BCUT2D eigenvalue weighted by molar-refractivity contribution is 0.0986. The van der Waals surface area contributed by atoms with Crippen LogP contribution >= 0.6 is 34.4 Å². The van der Waals surface area contributed by atoms with Crippen molar-refractivity contribution >= 4 is 51.0 Å². The molecule has 0 saturated heterocycles. The molecule has 1 aromatic carbocycles. The summed E-state index contributed by atoms with van der Waals surface area (Å²) in [5.74, 6) is 1.10. The largest absolute Gasteiger partial charge is 0.330 e. The molecule has 0 spiro atoms. The van der Waals surface area contributed by atoms with Gasteiger partial charge in [0.1, 0.15) is 0 Å². The molecule has 4 nitrogen and oxygen atoms in total. The Morgan fingerprint density at radius 1 is 1.21 bits per heavy atom. The van der Waals surface area contributed by atoms with Crippen molar-refractivity contribution in [3.8, 4) is 0 Å². The van der Waals surface area contributed by atoms with E-state index in [0.717, 1.165) is 32.2 Å². The Kier molecular flexibility index (Phi) is 6.01. The molecule has 0 radical (unpaired) electrons. The van der Waals surface area contributed by atoms with Gasteiger partial charge >= 0.3 is 0 Å². The van der Waals surface area contributed by atoms with E-state index in [0.29, 0.717) is 6.42 Å². The molecular weight excluding hydrogens is 358 g/mol. The average molecular weight is 376 g/mol. The standard InChI is InChI=1S/C17H17N3OS3/c1-12-6-8-13(9-7-12)18-16-19-20-17(24-16)23-11-2-4-14(21)15-5-3-10-22-15/h3,5-10H,2,4,11H2,1H3,(H,18,19). The summed E-state index contributed by atoms with van der Waals surface area (Å²) in [7, 11) is 0. The molecule has 3 aromatic rings. The maximum Gasteiger partial charge on any atom is 0.210 e. The van der Waals surface area contributed by atoms with Crippen molar-refractivity contribution in [2.24, 2.45) is 0 Å². The van der Waals surface area contributed by atoms with E-state index in [2.05, 4.69) is 34.6 Å². The smallest absolute Gasteiger partial charge is 0.210 e. The van der Waals surface area contributed by atoms with Crippen LogP contribution in [0.4, 0.5) is 10.8 Å². The molecule has 0 unspecified atom stereocenters. The van der Waals surface area contributed by atoms with E-state index in [1.165, 1.54) is 28.2 Å². The molecule has 0 fully saturated rings. The van der Waals surface area contributed by atoms with Gasteiger partial charge in [0.05, 0.1) is 4.88 Å². The number of aromatic nitrogens is 2. The number of ketones is 1. The number of hydrogen-bond acceptors (Lipinski definition) is 7. The fourth-order valence-electron chi connectivity index (χ4n) is 2.03. The van der Waals surface area contributed by atoms with Gasteiger partial charge in [-0.2, -0.15) is 0 Å². The van der Waals surface area contributed by atoms with Crippen molar-refractivity contribution in [3.05, 3.63) is 52.2 Å². The quantitative estimate of drug-likeness (QED) is 0.324. The Bertz CT molecular complexity index is 782. The van der Waals surface area contributed by atoms with Crippen molar-refractivity contribution < 1.29 is 4.79 Å². The molecule has 0 atom stereocenters. The number of rotatable bonds is 8. The lowest BCUT2D eigenvalue weighted by Crippen LogP contribution is -1.96. The number of hydrogen-bond donors (Lipinski definition) is 1. The first-order valence-electron chi connectivity index (χ1n) is 7.57. The molecular formula is C17H17N3OS3. The van der Waals surface area contributed by atoms with Gasteiger partial charge in [0.25, 0.3) is 0 Å². The summed E-state index contributed by atoms with van der Waals surface area (Å²) in [5.41, 5.74) is 2.24. The third kappa shape index (κ3) is 4.90. The van der Waals surface area contributed by atoms with Crippen LogP contribution in [0.5, 0.6) is 0 Å². The summed E-state index contributed by atoms with van der Waals surface area (Å²) in [5, 5.41) is 14.3. The van der Waals surface area contributed by atoms with Crippen LogP contribution in [0.3, 0.4) is 0 Å². The highest BCUT2D eigenvalue weighted by atomic mass is 32.2. The monoisotopic (exact) mass is 375 g/mol. The predicted molar refractivity (Wildman–Crippen MR) is 103 cm³/mol. The normalized spacial score (nSPS) is 10.7. The molecule has 2 aromatic heterocycles. The molecule has 24 heavy (non-hydrogen) atoms. The van der Waals surface area contributed by atoms with Gasteiger partial charge < -0.3 is 5.32 Å². The van der Waals surface area contributed by atoms with Crippen molar-refractivity contribution in [1.29, 1.82) is 0 Å². The lowest BCUT2D eigenvalue weighted by atomic mass is 10.2. The summed E-state index contributed by atoms with van der Waals surface area (Å²) >= 11 is 4.69. The zero-order valence-corrected chi connectivity index (χ0v) is 15.6. The number of thioether (sulfide) groups is 1. The molecule has 3 rings (SSSR count). The van der Waals surface area contributed by atoms with E-state index in [1.807, 2.05) is 29.6 Å². The SMILES string of the molecule is Cc1ccc(Nc2nnc(SCCCC(=O)c3cccs3)s2)cc1. The van der Waals surface area contributed by atoms with E-state index in [9.17, 15) is 4.79 Å². The Balaban J connectivity index is 1.43. The van der Waals surface area contributed by atoms with Crippen LogP contribution in [-0.4, -0.2) is 21.7 Å². The highest BCUT2D eigenvalue weighted by molar-refractivity contribution is 8.01. The maximum atomic E-state index is 11.9. The van der Waals surface area contributed by atoms with Crippen LogP contribution in [0, 0.1) is 6.92 Å². The van der Waals surface area contributed by atoms with E-state index >= 15 is 0 Å². The Labute approximate surface area is 153 Å². The second-order valence-electron chi connectivity index (χ2n) is 5.22. The topological polar surface area (TPSA) is 54.9 Å². The average Bonchev–Trinajstić information content (AvgIpc) is 3.25. The summed E-state index contributed by atoms with van der Waals surface area (Å²) in [6.45, 7) is 2.06. The van der Waals surface area contributed by atoms with Gasteiger partial charge in [-0.05, 0) is 36.9 Å². The molecule has 0 amide bonds. The summed E-state index contributed by atoms with van der Waals surface area (Å²) < 4.78 is 0.924. The first-order chi connectivity index (χ1) is 11.7. The number of nitrogens with one attached hydrogen (secondary N) is 1. The number of carbonyl (C=O) groups is 1. The van der Waals surface area contributed by atoms with E-state index in [1.54, 1.807) is 11.8 Å². The number of Topliss-reactive ketones (excluding diaryl/α,β-unsaturated/α-hetero) is 1.